The fourth-order valence-electron chi connectivity index (χ4n) is 1.57. The second-order valence-corrected chi connectivity index (χ2v) is 3.95. The van der Waals surface area contributed by atoms with Crippen LogP contribution in [-0.4, -0.2) is 5.78 Å². The SMILES string of the molecule is [2H]C([2H])([2H])C1=C(C)C(=O)C(C)=C(C([2H])([2H])[2H])C1(C)C. The summed E-state index contributed by atoms with van der Waals surface area (Å²) in [5.41, 5.74) is -1.05. The molecule has 13 heavy (non-hydrogen) atoms. The number of hydrogen-bond donors (Lipinski definition) is 0. The Hall–Kier alpha value is -0.850. The highest BCUT2D eigenvalue weighted by Crippen LogP contribution is 2.41. The number of carbonyl (C=O) groups is 1. The quantitative estimate of drug-likeness (QED) is 0.564. The number of ketones is 1. The van der Waals surface area contributed by atoms with Crippen molar-refractivity contribution in [1.82, 2.24) is 0 Å². The summed E-state index contributed by atoms with van der Waals surface area (Å²) in [6, 6.07) is 0. The minimum Gasteiger partial charge on any atom is -0.289 e. The molecule has 1 heteroatoms. The Morgan fingerprint density at radius 2 is 1.46 bits per heavy atom. The molecule has 0 aromatic carbocycles. The van der Waals surface area contributed by atoms with Crippen molar-refractivity contribution in [3.8, 4) is 0 Å². The molecule has 72 valence electrons. The topological polar surface area (TPSA) is 17.1 Å². The van der Waals surface area contributed by atoms with Crippen molar-refractivity contribution in [3.05, 3.63) is 22.3 Å². The molecule has 0 fully saturated rings. The van der Waals surface area contributed by atoms with E-state index in [2.05, 4.69) is 0 Å². The van der Waals surface area contributed by atoms with E-state index in [0.717, 1.165) is 0 Å². The van der Waals surface area contributed by atoms with Crippen LogP contribution in [0.4, 0.5) is 0 Å². The second kappa shape index (κ2) is 2.83. The molecule has 0 aliphatic heterocycles. The van der Waals surface area contributed by atoms with Gasteiger partial charge >= 0.3 is 0 Å². The van der Waals surface area contributed by atoms with Crippen LogP contribution in [0.5, 0.6) is 0 Å². The first-order valence-corrected chi connectivity index (χ1v) is 4.20. The van der Waals surface area contributed by atoms with E-state index in [4.69, 9.17) is 8.22 Å². The molecule has 0 bridgehead atoms. The standard InChI is InChI=1S/C12H18O/c1-7-9(3)12(5,6)10(4)8(2)11(7)13/h1-6H3/i3D3,4D3. The van der Waals surface area contributed by atoms with E-state index in [9.17, 15) is 4.79 Å². The maximum atomic E-state index is 12.1. The third kappa shape index (κ3) is 1.27. The molecule has 0 saturated heterocycles. The Morgan fingerprint density at radius 1 is 1.08 bits per heavy atom. The van der Waals surface area contributed by atoms with E-state index < -0.39 is 24.9 Å². The first-order chi connectivity index (χ1) is 8.22. The normalized spacial score (nSPS) is 31.5. The predicted octanol–water partition coefficient (Wildman–Crippen LogP) is 3.27. The lowest BCUT2D eigenvalue weighted by molar-refractivity contribution is -0.112. The molecule has 0 heterocycles. The molecule has 0 aromatic heterocycles. The summed E-state index contributed by atoms with van der Waals surface area (Å²) in [6.45, 7) is 1.03. The van der Waals surface area contributed by atoms with Crippen molar-refractivity contribution in [2.24, 2.45) is 5.41 Å². The smallest absolute Gasteiger partial charge is 0.184 e. The highest BCUT2D eigenvalue weighted by molar-refractivity contribution is 6.09. The van der Waals surface area contributed by atoms with Gasteiger partial charge in [-0.05, 0) is 38.7 Å². The van der Waals surface area contributed by atoms with Gasteiger partial charge in [0.25, 0.3) is 0 Å². The van der Waals surface area contributed by atoms with Crippen LogP contribution in [0.25, 0.3) is 0 Å². The summed E-state index contributed by atoms with van der Waals surface area (Å²) in [6.07, 6.45) is 0. The van der Waals surface area contributed by atoms with E-state index in [1.165, 1.54) is 13.8 Å². The lowest BCUT2D eigenvalue weighted by Gasteiger charge is -2.34. The van der Waals surface area contributed by atoms with Gasteiger partial charge in [0.15, 0.2) is 5.78 Å². The van der Waals surface area contributed by atoms with Crippen LogP contribution in [0.15, 0.2) is 22.3 Å². The largest absolute Gasteiger partial charge is 0.289 e. The third-order valence-corrected chi connectivity index (χ3v) is 2.68. The number of carbonyl (C=O) groups excluding carboxylic acids is 1. The van der Waals surface area contributed by atoms with Crippen molar-refractivity contribution in [2.45, 2.75) is 41.4 Å². The van der Waals surface area contributed by atoms with Gasteiger partial charge in [0.2, 0.25) is 0 Å². The van der Waals surface area contributed by atoms with Crippen LogP contribution < -0.4 is 0 Å². The van der Waals surface area contributed by atoms with Crippen LogP contribution in [0.3, 0.4) is 0 Å². The summed E-state index contributed by atoms with van der Waals surface area (Å²) in [5.74, 6) is -0.489. The molecule has 0 atom stereocenters. The van der Waals surface area contributed by atoms with E-state index in [0.29, 0.717) is 0 Å². The molecule has 0 amide bonds. The van der Waals surface area contributed by atoms with Gasteiger partial charge in [0, 0.05) is 13.6 Å². The van der Waals surface area contributed by atoms with Crippen molar-refractivity contribution < 1.29 is 13.0 Å². The van der Waals surface area contributed by atoms with E-state index in [1.807, 2.05) is 0 Å². The Labute approximate surface area is 89.0 Å². The Morgan fingerprint density at radius 3 is 1.77 bits per heavy atom. The molecule has 1 aliphatic rings. The molecule has 1 aliphatic carbocycles. The lowest BCUT2D eigenvalue weighted by atomic mass is 9.70. The minimum atomic E-state index is -2.49. The summed E-state index contributed by atoms with van der Waals surface area (Å²) in [7, 11) is 0. The number of Topliss-reactive ketones (excluding diaryl/α,β-unsaturated/α-hetero) is 1. The van der Waals surface area contributed by atoms with Crippen LogP contribution in [0.2, 0.25) is 0 Å². The number of allylic oxidation sites excluding steroid dienone is 4. The fourth-order valence-corrected chi connectivity index (χ4v) is 1.57. The van der Waals surface area contributed by atoms with Gasteiger partial charge in [0.05, 0.1) is 0 Å². The molecule has 0 N–H and O–H groups in total. The summed E-state index contributed by atoms with van der Waals surface area (Å²) in [4.78, 5) is 12.1. The zero-order chi connectivity index (χ0) is 15.4. The Bertz CT molecular complexity index is 445. The number of hydrogen-bond acceptors (Lipinski definition) is 1. The average molecular weight is 184 g/mol. The van der Waals surface area contributed by atoms with Gasteiger partial charge in [-0.2, -0.15) is 0 Å². The molecule has 0 radical (unpaired) electrons. The van der Waals surface area contributed by atoms with E-state index >= 15 is 0 Å². The Balaban J connectivity index is 3.69. The molecular formula is C12H18O. The van der Waals surface area contributed by atoms with Crippen LogP contribution in [-0.2, 0) is 4.79 Å². The van der Waals surface area contributed by atoms with Gasteiger partial charge in [-0.25, -0.2) is 0 Å². The monoisotopic (exact) mass is 184 g/mol. The van der Waals surface area contributed by atoms with E-state index in [-0.39, 0.29) is 22.3 Å². The first-order valence-electron chi connectivity index (χ1n) is 7.20. The molecule has 0 unspecified atom stereocenters. The highest BCUT2D eigenvalue weighted by Gasteiger charge is 2.32. The molecule has 1 rings (SSSR count). The molecule has 0 aromatic rings. The predicted molar refractivity (Wildman–Crippen MR) is 55.5 cm³/mol. The number of rotatable bonds is 0. The lowest BCUT2D eigenvalue weighted by Crippen LogP contribution is -2.26. The van der Waals surface area contributed by atoms with Crippen molar-refractivity contribution >= 4 is 5.78 Å². The van der Waals surface area contributed by atoms with Crippen molar-refractivity contribution in [1.29, 1.82) is 0 Å². The van der Waals surface area contributed by atoms with E-state index in [1.54, 1.807) is 13.8 Å². The van der Waals surface area contributed by atoms with Crippen LogP contribution in [0, 0.1) is 5.41 Å². The van der Waals surface area contributed by atoms with Gasteiger partial charge in [0.1, 0.15) is 0 Å². The van der Waals surface area contributed by atoms with Gasteiger partial charge in [-0.15, -0.1) is 0 Å². The van der Waals surface area contributed by atoms with Gasteiger partial charge < -0.3 is 0 Å². The first kappa shape index (κ1) is 4.59. The Kier molecular flexibility index (Phi) is 0.998. The highest BCUT2D eigenvalue weighted by atomic mass is 16.1. The van der Waals surface area contributed by atoms with Crippen LogP contribution >= 0.6 is 0 Å². The second-order valence-electron chi connectivity index (χ2n) is 3.95. The van der Waals surface area contributed by atoms with Gasteiger partial charge in [-0.3, -0.25) is 4.79 Å². The molecule has 0 saturated carbocycles. The maximum absolute atomic E-state index is 12.1. The molecule has 0 spiro atoms. The average Bonchev–Trinajstić information content (AvgIpc) is 2.08. The molecule has 1 nitrogen and oxygen atoms in total. The summed E-state index contributed by atoms with van der Waals surface area (Å²) in [5, 5.41) is 0. The van der Waals surface area contributed by atoms with Crippen molar-refractivity contribution in [2.75, 3.05) is 0 Å². The molecular weight excluding hydrogens is 160 g/mol. The summed E-state index contributed by atoms with van der Waals surface area (Å²) >= 11 is 0. The van der Waals surface area contributed by atoms with Gasteiger partial charge in [-0.1, -0.05) is 25.0 Å². The zero-order valence-corrected chi connectivity index (χ0v) is 8.41. The van der Waals surface area contributed by atoms with Crippen LogP contribution in [0.1, 0.15) is 49.6 Å². The maximum Gasteiger partial charge on any atom is 0.184 e. The minimum absolute atomic E-state index is 0.0678. The third-order valence-electron chi connectivity index (χ3n) is 2.68. The van der Waals surface area contributed by atoms with Crippen molar-refractivity contribution in [3.63, 3.8) is 0 Å². The zero-order valence-electron chi connectivity index (χ0n) is 14.4. The summed E-state index contributed by atoms with van der Waals surface area (Å²) < 4.78 is 45.5. The fraction of sp³-hybridized carbons (Fsp3) is 0.583.